The van der Waals surface area contributed by atoms with Crippen molar-refractivity contribution in [2.75, 3.05) is 42.4 Å². The topological polar surface area (TPSA) is 91.8 Å². The van der Waals surface area contributed by atoms with Crippen molar-refractivity contribution in [1.82, 2.24) is 9.88 Å². The van der Waals surface area contributed by atoms with Gasteiger partial charge in [0, 0.05) is 26.2 Å². The zero-order valence-corrected chi connectivity index (χ0v) is 22.3. The number of fused-ring (bicyclic) bond motifs is 1. The second-order valence-corrected chi connectivity index (χ2v) is 11.5. The van der Waals surface area contributed by atoms with E-state index in [1.54, 1.807) is 64.8 Å². The van der Waals surface area contributed by atoms with Crippen LogP contribution in [0.25, 0.3) is 10.2 Å². The number of carbonyl (C=O) groups excluding carboxylic acids is 1. The second-order valence-electron chi connectivity index (χ2n) is 8.80. The maximum Gasteiger partial charge on any atom is 0.261 e. The molecule has 0 unspecified atom stereocenters. The van der Waals surface area contributed by atoms with Crippen LogP contribution in [0.4, 0.5) is 10.8 Å². The fourth-order valence-corrected chi connectivity index (χ4v) is 6.36. The van der Waals surface area contributed by atoms with Crippen molar-refractivity contribution in [3.8, 4) is 5.75 Å². The summed E-state index contributed by atoms with van der Waals surface area (Å²) >= 11 is 1.61. The first-order valence-corrected chi connectivity index (χ1v) is 14.4. The van der Waals surface area contributed by atoms with Gasteiger partial charge in [-0.1, -0.05) is 41.2 Å². The van der Waals surface area contributed by atoms with Gasteiger partial charge in [0.2, 0.25) is 0 Å². The van der Waals surface area contributed by atoms with Crippen LogP contribution in [0.15, 0.2) is 71.6 Å². The van der Waals surface area contributed by atoms with Crippen molar-refractivity contribution in [2.24, 2.45) is 0 Å². The highest BCUT2D eigenvalue weighted by Gasteiger charge is 2.26. The zero-order valence-electron chi connectivity index (χ0n) is 20.7. The number of piperazine rings is 1. The Morgan fingerprint density at radius 2 is 1.76 bits per heavy atom. The number of carbonyl (C=O) groups is 1. The molecule has 10 heteroatoms. The maximum absolute atomic E-state index is 13.4. The maximum atomic E-state index is 13.4. The first-order valence-electron chi connectivity index (χ1n) is 12.1. The summed E-state index contributed by atoms with van der Waals surface area (Å²) in [7, 11) is -3.83. The third-order valence-electron chi connectivity index (χ3n) is 6.23. The number of aromatic nitrogens is 1. The minimum Gasteiger partial charge on any atom is -0.494 e. The van der Waals surface area contributed by atoms with Crippen molar-refractivity contribution in [3.05, 3.63) is 77.9 Å². The van der Waals surface area contributed by atoms with E-state index in [1.165, 1.54) is 0 Å². The number of ether oxygens (including phenoxy) is 1. The highest BCUT2D eigenvalue weighted by atomic mass is 32.2. The van der Waals surface area contributed by atoms with Gasteiger partial charge in [-0.15, -0.1) is 0 Å². The van der Waals surface area contributed by atoms with Gasteiger partial charge < -0.3 is 14.5 Å². The summed E-state index contributed by atoms with van der Waals surface area (Å²) in [4.78, 5) is 22.3. The van der Waals surface area contributed by atoms with Gasteiger partial charge in [0.1, 0.15) is 5.75 Å². The smallest absolute Gasteiger partial charge is 0.261 e. The molecular weight excluding hydrogens is 508 g/mol. The van der Waals surface area contributed by atoms with E-state index < -0.39 is 10.0 Å². The summed E-state index contributed by atoms with van der Waals surface area (Å²) in [5.41, 5.74) is 2.49. The molecule has 1 N–H and O–H groups in total. The number of para-hydroxylation sites is 1. The summed E-state index contributed by atoms with van der Waals surface area (Å²) in [6.45, 7) is 6.77. The lowest BCUT2D eigenvalue weighted by Gasteiger charge is -2.34. The van der Waals surface area contributed by atoms with Gasteiger partial charge in [-0.05, 0) is 56.3 Å². The van der Waals surface area contributed by atoms with E-state index in [0.717, 1.165) is 26.7 Å². The lowest BCUT2D eigenvalue weighted by Crippen LogP contribution is -2.48. The standard InChI is InChI=1S/C27H28N4O4S2/c1-3-35-20-10-13-24-25(18-20)36-27(28-24)31-16-14-30(15-17-31)26(32)22-6-4-5-7-23(22)29-37(33,34)21-11-8-19(2)9-12-21/h4-13,18,29H,3,14-17H2,1-2H3. The van der Waals surface area contributed by atoms with E-state index in [0.29, 0.717) is 38.3 Å². The van der Waals surface area contributed by atoms with Crippen LogP contribution in [-0.2, 0) is 10.0 Å². The van der Waals surface area contributed by atoms with Crippen molar-refractivity contribution >= 4 is 48.3 Å². The number of sulfonamides is 1. The number of anilines is 2. The molecule has 0 bridgehead atoms. The lowest BCUT2D eigenvalue weighted by molar-refractivity contribution is 0.0748. The number of hydrogen-bond donors (Lipinski definition) is 1. The number of aryl methyl sites for hydroxylation is 1. The van der Waals surface area contributed by atoms with Crippen LogP contribution in [-0.4, -0.2) is 57.0 Å². The molecule has 0 saturated carbocycles. The molecule has 37 heavy (non-hydrogen) atoms. The first kappa shape index (κ1) is 25.0. The zero-order chi connectivity index (χ0) is 26.0. The van der Waals surface area contributed by atoms with Gasteiger partial charge in [0.05, 0.1) is 33.0 Å². The average Bonchev–Trinajstić information content (AvgIpc) is 3.32. The van der Waals surface area contributed by atoms with Gasteiger partial charge in [-0.25, -0.2) is 13.4 Å². The third kappa shape index (κ3) is 5.40. The first-order chi connectivity index (χ1) is 17.8. The van der Waals surface area contributed by atoms with E-state index in [4.69, 9.17) is 9.72 Å². The van der Waals surface area contributed by atoms with Crippen molar-refractivity contribution in [2.45, 2.75) is 18.7 Å². The van der Waals surface area contributed by atoms with E-state index in [2.05, 4.69) is 9.62 Å². The molecule has 3 aromatic carbocycles. The Hall–Kier alpha value is -3.63. The highest BCUT2D eigenvalue weighted by Crippen LogP contribution is 2.32. The second kappa shape index (κ2) is 10.4. The molecule has 4 aromatic rings. The SMILES string of the molecule is CCOc1ccc2nc(N3CCN(C(=O)c4ccccc4NS(=O)(=O)c4ccc(C)cc4)CC3)sc2c1. The van der Waals surface area contributed by atoms with Gasteiger partial charge >= 0.3 is 0 Å². The summed E-state index contributed by atoms with van der Waals surface area (Å²) in [6, 6.07) is 19.2. The van der Waals surface area contributed by atoms with Gasteiger partial charge in [0.15, 0.2) is 5.13 Å². The summed E-state index contributed by atoms with van der Waals surface area (Å²) < 4.78 is 35.1. The van der Waals surface area contributed by atoms with Crippen LogP contribution in [0, 0.1) is 6.92 Å². The largest absolute Gasteiger partial charge is 0.494 e. The van der Waals surface area contributed by atoms with Crippen LogP contribution < -0.4 is 14.4 Å². The monoisotopic (exact) mass is 536 g/mol. The molecule has 1 aromatic heterocycles. The number of hydrogen-bond acceptors (Lipinski definition) is 7. The number of rotatable bonds is 7. The molecule has 2 heterocycles. The molecule has 0 radical (unpaired) electrons. The number of thiazole rings is 1. The highest BCUT2D eigenvalue weighted by molar-refractivity contribution is 7.92. The fraction of sp³-hybridized carbons (Fsp3) is 0.259. The summed E-state index contributed by atoms with van der Waals surface area (Å²) in [6.07, 6.45) is 0. The van der Waals surface area contributed by atoms with E-state index >= 15 is 0 Å². The van der Waals surface area contributed by atoms with Gasteiger partial charge in [0.25, 0.3) is 15.9 Å². The van der Waals surface area contributed by atoms with Crippen molar-refractivity contribution < 1.29 is 17.9 Å². The van der Waals surface area contributed by atoms with Crippen molar-refractivity contribution in [1.29, 1.82) is 0 Å². The van der Waals surface area contributed by atoms with Gasteiger partial charge in [-0.3, -0.25) is 9.52 Å². The third-order valence-corrected chi connectivity index (χ3v) is 8.69. The molecule has 192 valence electrons. The molecule has 1 aliphatic heterocycles. The fourth-order valence-electron chi connectivity index (χ4n) is 4.24. The Bertz CT molecular complexity index is 1530. The molecule has 5 rings (SSSR count). The van der Waals surface area contributed by atoms with Crippen LogP contribution in [0.1, 0.15) is 22.8 Å². The molecule has 0 aliphatic carbocycles. The lowest BCUT2D eigenvalue weighted by atomic mass is 10.1. The summed E-state index contributed by atoms with van der Waals surface area (Å²) in [5, 5.41) is 0.919. The molecule has 1 amide bonds. The Morgan fingerprint density at radius 3 is 2.49 bits per heavy atom. The minimum absolute atomic E-state index is 0.151. The minimum atomic E-state index is -3.83. The number of nitrogens with zero attached hydrogens (tertiary/aromatic N) is 3. The summed E-state index contributed by atoms with van der Waals surface area (Å²) in [5.74, 6) is 0.629. The average molecular weight is 537 g/mol. The predicted octanol–water partition coefficient (Wildman–Crippen LogP) is 4.77. The van der Waals surface area contributed by atoms with Crippen LogP contribution in [0.2, 0.25) is 0 Å². The number of benzene rings is 3. The molecule has 0 atom stereocenters. The molecule has 8 nitrogen and oxygen atoms in total. The Morgan fingerprint density at radius 1 is 1.03 bits per heavy atom. The normalized spacial score (nSPS) is 14.1. The van der Waals surface area contributed by atoms with Crippen LogP contribution >= 0.6 is 11.3 Å². The van der Waals surface area contributed by atoms with E-state index in [-0.39, 0.29) is 16.5 Å². The Labute approximate surface area is 220 Å². The van der Waals surface area contributed by atoms with Crippen LogP contribution in [0.5, 0.6) is 5.75 Å². The Balaban J connectivity index is 1.28. The molecule has 0 spiro atoms. The molecule has 1 aliphatic rings. The Kier molecular flexibility index (Phi) is 7.03. The molecule has 1 saturated heterocycles. The van der Waals surface area contributed by atoms with Gasteiger partial charge in [-0.2, -0.15) is 0 Å². The quantitative estimate of drug-likeness (QED) is 0.366. The van der Waals surface area contributed by atoms with E-state index in [1.807, 2.05) is 32.0 Å². The molecule has 1 fully saturated rings. The number of amides is 1. The number of nitrogens with one attached hydrogen (secondary N) is 1. The van der Waals surface area contributed by atoms with E-state index in [9.17, 15) is 13.2 Å². The molecular formula is C27H28N4O4S2. The van der Waals surface area contributed by atoms with Crippen LogP contribution in [0.3, 0.4) is 0 Å². The van der Waals surface area contributed by atoms with Crippen molar-refractivity contribution in [3.63, 3.8) is 0 Å². The predicted molar refractivity (Wildman–Crippen MR) is 147 cm³/mol.